The highest BCUT2D eigenvalue weighted by atomic mass is 16.5. The fourth-order valence-corrected chi connectivity index (χ4v) is 2.14. The second-order valence-electron chi connectivity index (χ2n) is 4.37. The highest BCUT2D eigenvalue weighted by molar-refractivity contribution is 5.92. The predicted molar refractivity (Wildman–Crippen MR) is 57.8 cm³/mol. The Morgan fingerprint density at radius 2 is 2.25 bits per heavy atom. The molecule has 0 saturated carbocycles. The van der Waals surface area contributed by atoms with Crippen LogP contribution in [0, 0.1) is 0 Å². The molecule has 0 aromatic heterocycles. The first-order valence-electron chi connectivity index (χ1n) is 5.92. The van der Waals surface area contributed by atoms with Crippen LogP contribution in [0.15, 0.2) is 0 Å². The van der Waals surface area contributed by atoms with Gasteiger partial charge in [0.15, 0.2) is 0 Å². The summed E-state index contributed by atoms with van der Waals surface area (Å²) < 4.78 is 5.59. The Bertz CT molecular complexity index is 274. The monoisotopic (exact) mass is 226 g/mol. The van der Waals surface area contributed by atoms with Crippen LogP contribution in [0.2, 0.25) is 0 Å². The van der Waals surface area contributed by atoms with E-state index in [4.69, 9.17) is 4.74 Å². The summed E-state index contributed by atoms with van der Waals surface area (Å²) in [5.41, 5.74) is 0. The molecule has 5 nitrogen and oxygen atoms in total. The van der Waals surface area contributed by atoms with Gasteiger partial charge in [-0.3, -0.25) is 9.59 Å². The van der Waals surface area contributed by atoms with E-state index in [0.29, 0.717) is 6.54 Å². The van der Waals surface area contributed by atoms with Gasteiger partial charge in [-0.15, -0.1) is 0 Å². The van der Waals surface area contributed by atoms with Crippen molar-refractivity contribution in [2.24, 2.45) is 0 Å². The number of hydrogen-bond donors (Lipinski definition) is 1. The van der Waals surface area contributed by atoms with Crippen LogP contribution in [0.4, 0.5) is 0 Å². The molecule has 5 heteroatoms. The summed E-state index contributed by atoms with van der Waals surface area (Å²) >= 11 is 0. The van der Waals surface area contributed by atoms with Crippen molar-refractivity contribution < 1.29 is 14.3 Å². The largest absolute Gasteiger partial charge is 0.378 e. The van der Waals surface area contributed by atoms with Gasteiger partial charge in [-0.25, -0.2) is 0 Å². The van der Waals surface area contributed by atoms with E-state index in [9.17, 15) is 9.59 Å². The van der Waals surface area contributed by atoms with Gasteiger partial charge in [-0.1, -0.05) is 0 Å². The Hall–Kier alpha value is -1.10. The SMILES string of the molecule is O=C1CN(CCC2CCCCO2)C(=O)CN1. The third kappa shape index (κ3) is 2.95. The number of ether oxygens (including phenoxy) is 1. The van der Waals surface area contributed by atoms with Gasteiger partial charge in [0.05, 0.1) is 19.2 Å². The summed E-state index contributed by atoms with van der Waals surface area (Å²) in [6.45, 7) is 1.81. The molecule has 16 heavy (non-hydrogen) atoms. The Kier molecular flexibility index (Phi) is 3.77. The first-order chi connectivity index (χ1) is 7.75. The van der Waals surface area contributed by atoms with Gasteiger partial charge in [-0.2, -0.15) is 0 Å². The average Bonchev–Trinajstić information content (AvgIpc) is 2.32. The molecular formula is C11H18N2O3. The van der Waals surface area contributed by atoms with Crippen molar-refractivity contribution in [3.05, 3.63) is 0 Å². The lowest BCUT2D eigenvalue weighted by molar-refractivity contribution is -0.141. The number of nitrogens with zero attached hydrogens (tertiary/aromatic N) is 1. The summed E-state index contributed by atoms with van der Waals surface area (Å²) in [5.74, 6) is -0.0560. The molecule has 2 aliphatic rings. The number of piperazine rings is 1. The molecule has 2 fully saturated rings. The lowest BCUT2D eigenvalue weighted by Crippen LogP contribution is -2.52. The summed E-state index contributed by atoms with van der Waals surface area (Å²) in [4.78, 5) is 24.2. The van der Waals surface area contributed by atoms with Crippen LogP contribution in [0.3, 0.4) is 0 Å². The van der Waals surface area contributed by atoms with Gasteiger partial charge in [0.2, 0.25) is 11.8 Å². The highest BCUT2D eigenvalue weighted by Gasteiger charge is 2.24. The molecule has 1 N–H and O–H groups in total. The van der Waals surface area contributed by atoms with Crippen LogP contribution in [0.25, 0.3) is 0 Å². The number of hydrogen-bond acceptors (Lipinski definition) is 3. The van der Waals surface area contributed by atoms with Gasteiger partial charge in [0.25, 0.3) is 0 Å². The molecule has 1 atom stereocenters. The molecule has 0 bridgehead atoms. The molecular weight excluding hydrogens is 208 g/mol. The highest BCUT2D eigenvalue weighted by Crippen LogP contribution is 2.16. The molecule has 0 aliphatic carbocycles. The zero-order chi connectivity index (χ0) is 11.4. The maximum absolute atomic E-state index is 11.5. The fourth-order valence-electron chi connectivity index (χ4n) is 2.14. The molecule has 2 heterocycles. The van der Waals surface area contributed by atoms with E-state index < -0.39 is 0 Å². The molecule has 90 valence electrons. The number of nitrogens with one attached hydrogen (secondary N) is 1. The molecule has 1 unspecified atom stereocenters. The van der Waals surface area contributed by atoms with Gasteiger partial charge >= 0.3 is 0 Å². The first kappa shape index (κ1) is 11.4. The minimum Gasteiger partial charge on any atom is -0.378 e. The molecule has 0 aromatic rings. The van der Waals surface area contributed by atoms with E-state index in [2.05, 4.69) is 5.32 Å². The maximum atomic E-state index is 11.5. The van der Waals surface area contributed by atoms with E-state index in [1.165, 1.54) is 6.42 Å². The van der Waals surface area contributed by atoms with E-state index in [1.54, 1.807) is 4.90 Å². The predicted octanol–water partition coefficient (Wildman–Crippen LogP) is -0.0960. The lowest BCUT2D eigenvalue weighted by atomic mass is 10.1. The summed E-state index contributed by atoms with van der Waals surface area (Å²) in [6, 6.07) is 0. The molecule has 2 rings (SSSR count). The number of amides is 2. The standard InChI is InChI=1S/C11H18N2O3/c14-10-8-13(11(15)7-12-10)5-4-9-3-1-2-6-16-9/h9H,1-8H2,(H,12,14). The third-order valence-corrected chi connectivity index (χ3v) is 3.12. The fraction of sp³-hybridized carbons (Fsp3) is 0.818. The van der Waals surface area contributed by atoms with Crippen LogP contribution < -0.4 is 5.32 Å². The average molecular weight is 226 g/mol. The van der Waals surface area contributed by atoms with Crippen molar-refractivity contribution in [3.63, 3.8) is 0 Å². The van der Waals surface area contributed by atoms with Crippen LogP contribution in [0.5, 0.6) is 0 Å². The topological polar surface area (TPSA) is 58.6 Å². The van der Waals surface area contributed by atoms with Crippen molar-refractivity contribution in [1.82, 2.24) is 10.2 Å². The summed E-state index contributed by atoms with van der Waals surface area (Å²) in [6.07, 6.45) is 4.54. The van der Waals surface area contributed by atoms with Gasteiger partial charge in [0, 0.05) is 13.2 Å². The van der Waals surface area contributed by atoms with E-state index in [0.717, 1.165) is 25.9 Å². The Morgan fingerprint density at radius 3 is 3.00 bits per heavy atom. The quantitative estimate of drug-likeness (QED) is 0.731. The number of carbonyl (C=O) groups excluding carboxylic acids is 2. The molecule has 2 saturated heterocycles. The van der Waals surface area contributed by atoms with Crippen molar-refractivity contribution in [1.29, 1.82) is 0 Å². The van der Waals surface area contributed by atoms with Crippen LogP contribution in [-0.4, -0.2) is 49.1 Å². The van der Waals surface area contributed by atoms with Gasteiger partial charge in [0.1, 0.15) is 0 Å². The van der Waals surface area contributed by atoms with Crippen molar-refractivity contribution in [3.8, 4) is 0 Å². The Labute approximate surface area is 95.1 Å². The minimum absolute atomic E-state index is 0.00964. The first-order valence-corrected chi connectivity index (χ1v) is 5.92. The Balaban J connectivity index is 1.75. The second-order valence-corrected chi connectivity index (χ2v) is 4.37. The van der Waals surface area contributed by atoms with Crippen molar-refractivity contribution in [2.45, 2.75) is 31.8 Å². The smallest absolute Gasteiger partial charge is 0.242 e. The van der Waals surface area contributed by atoms with E-state index >= 15 is 0 Å². The zero-order valence-electron chi connectivity index (χ0n) is 9.41. The molecule has 2 aliphatic heterocycles. The third-order valence-electron chi connectivity index (χ3n) is 3.12. The number of carbonyl (C=O) groups is 2. The molecule has 2 amide bonds. The summed E-state index contributed by atoms with van der Waals surface area (Å²) in [5, 5.41) is 2.54. The van der Waals surface area contributed by atoms with Gasteiger partial charge < -0.3 is 15.0 Å². The van der Waals surface area contributed by atoms with Gasteiger partial charge in [-0.05, 0) is 25.7 Å². The van der Waals surface area contributed by atoms with Crippen molar-refractivity contribution in [2.75, 3.05) is 26.2 Å². The molecule has 0 aromatic carbocycles. The zero-order valence-corrected chi connectivity index (χ0v) is 9.41. The van der Waals surface area contributed by atoms with Crippen LogP contribution in [0.1, 0.15) is 25.7 Å². The minimum atomic E-state index is -0.0656. The van der Waals surface area contributed by atoms with Crippen molar-refractivity contribution >= 4 is 11.8 Å². The maximum Gasteiger partial charge on any atom is 0.242 e. The second kappa shape index (κ2) is 5.30. The van der Waals surface area contributed by atoms with E-state index in [-0.39, 0.29) is 31.0 Å². The molecule has 0 radical (unpaired) electrons. The Morgan fingerprint density at radius 1 is 1.38 bits per heavy atom. The normalized spacial score (nSPS) is 26.8. The van der Waals surface area contributed by atoms with Crippen LogP contribution >= 0.6 is 0 Å². The summed E-state index contributed by atoms with van der Waals surface area (Å²) in [7, 11) is 0. The molecule has 0 spiro atoms. The van der Waals surface area contributed by atoms with Crippen LogP contribution in [-0.2, 0) is 14.3 Å². The lowest BCUT2D eigenvalue weighted by Gasteiger charge is -2.29. The number of rotatable bonds is 3. The van der Waals surface area contributed by atoms with E-state index in [1.807, 2.05) is 0 Å².